The number of aliphatic hydroxyl groups is 1. The van der Waals surface area contributed by atoms with Crippen molar-refractivity contribution in [3.05, 3.63) is 23.2 Å². The summed E-state index contributed by atoms with van der Waals surface area (Å²) in [5, 5.41) is 8.02. The number of ether oxygens (including phenoxy) is 1. The number of nitrogens with two attached hydrogens (primary N) is 1. The maximum Gasteiger partial charge on any atom is 0.433 e. The Kier molecular flexibility index (Phi) is 4.65. The summed E-state index contributed by atoms with van der Waals surface area (Å²) in [5.74, 6) is -0.775. The van der Waals surface area contributed by atoms with Crippen molar-refractivity contribution >= 4 is 17.3 Å². The number of anilines is 1. The Morgan fingerprint density at radius 1 is 1.20 bits per heavy atom. The second kappa shape index (κ2) is 5.57. The van der Waals surface area contributed by atoms with E-state index in [0.29, 0.717) is 0 Å². The molecule has 0 saturated heterocycles. The summed E-state index contributed by atoms with van der Waals surface area (Å²) >= 11 is 5.46. The Bertz CT molecular complexity index is 481. The molecule has 1 aromatic carbocycles. The molecule has 2 atom stereocenters. The summed E-state index contributed by atoms with van der Waals surface area (Å²) in [6, 6.07) is 2.89. The molecule has 10 heteroatoms. The first-order valence-corrected chi connectivity index (χ1v) is 5.33. The average Bonchev–Trinajstić information content (AvgIpc) is 2.29. The number of alkyl halides is 6. The number of rotatable bonds is 4. The van der Waals surface area contributed by atoms with E-state index in [-0.39, 0.29) is 5.69 Å². The molecule has 0 aliphatic rings. The second-order valence-corrected chi connectivity index (χ2v) is 4.15. The number of nitrogen functional groups attached to an aromatic ring is 1. The minimum Gasteiger partial charge on any atom is -0.429 e. The van der Waals surface area contributed by atoms with Crippen LogP contribution in [0.4, 0.5) is 32.0 Å². The van der Waals surface area contributed by atoms with Crippen LogP contribution in [0.1, 0.15) is 0 Å². The van der Waals surface area contributed by atoms with Gasteiger partial charge in [0, 0.05) is 5.69 Å². The van der Waals surface area contributed by atoms with Gasteiger partial charge in [-0.05, 0) is 18.2 Å². The van der Waals surface area contributed by atoms with E-state index in [9.17, 15) is 26.3 Å². The van der Waals surface area contributed by atoms with Crippen molar-refractivity contribution in [3.63, 3.8) is 0 Å². The van der Waals surface area contributed by atoms with Gasteiger partial charge in [-0.15, -0.1) is 0 Å². The normalized spacial score (nSPS) is 15.8. The van der Waals surface area contributed by atoms with Crippen molar-refractivity contribution < 1.29 is 36.2 Å². The van der Waals surface area contributed by atoms with Gasteiger partial charge in [-0.1, -0.05) is 11.6 Å². The highest BCUT2D eigenvalue weighted by Crippen LogP contribution is 2.36. The average molecular weight is 324 g/mol. The van der Waals surface area contributed by atoms with E-state index in [0.717, 1.165) is 18.2 Å². The van der Waals surface area contributed by atoms with E-state index >= 15 is 0 Å². The fourth-order valence-corrected chi connectivity index (χ4v) is 1.38. The number of aliphatic hydroxyl groups excluding tert-OH is 1. The standard InChI is InChI=1S/C10H8ClF6NO2/c11-5-3-4(18)1-2-6(5)20-10(16,17)7(12)8(19)9(13,14)15/h1-3,7-8,19H,18H2/t7-,8+/m1/s1. The molecule has 0 fully saturated rings. The summed E-state index contributed by atoms with van der Waals surface area (Å²) in [6.07, 6.45) is -18.4. The molecule has 0 amide bonds. The number of benzene rings is 1. The summed E-state index contributed by atoms with van der Waals surface area (Å²) in [4.78, 5) is 0. The second-order valence-electron chi connectivity index (χ2n) is 3.74. The van der Waals surface area contributed by atoms with Crippen molar-refractivity contribution in [3.8, 4) is 5.75 Å². The van der Waals surface area contributed by atoms with Crippen LogP contribution in [-0.4, -0.2) is 29.7 Å². The van der Waals surface area contributed by atoms with Gasteiger partial charge >= 0.3 is 12.3 Å². The number of halogens is 7. The topological polar surface area (TPSA) is 55.5 Å². The third kappa shape index (κ3) is 3.83. The molecule has 1 aromatic rings. The minimum absolute atomic E-state index is 0.0813. The summed E-state index contributed by atoms with van der Waals surface area (Å²) < 4.78 is 79.2. The van der Waals surface area contributed by atoms with Gasteiger partial charge in [0.25, 0.3) is 0 Å². The van der Waals surface area contributed by atoms with E-state index in [1.807, 2.05) is 0 Å². The van der Waals surface area contributed by atoms with Gasteiger partial charge in [0.05, 0.1) is 5.02 Å². The largest absolute Gasteiger partial charge is 0.433 e. The van der Waals surface area contributed by atoms with Crippen molar-refractivity contribution in [2.75, 3.05) is 5.73 Å². The molecule has 3 N–H and O–H groups in total. The molecule has 0 radical (unpaired) electrons. The van der Waals surface area contributed by atoms with Crippen LogP contribution in [0.3, 0.4) is 0 Å². The third-order valence-electron chi connectivity index (χ3n) is 2.14. The lowest BCUT2D eigenvalue weighted by atomic mass is 10.2. The monoisotopic (exact) mass is 323 g/mol. The maximum absolute atomic E-state index is 13.2. The van der Waals surface area contributed by atoms with Gasteiger partial charge in [-0.25, -0.2) is 4.39 Å². The Hall–Kier alpha value is -1.35. The Balaban J connectivity index is 2.94. The van der Waals surface area contributed by atoms with E-state index in [1.54, 1.807) is 0 Å². The first-order chi connectivity index (χ1) is 8.95. The SMILES string of the molecule is Nc1ccc(OC(F)(F)[C@H](F)[C@H](O)C(F)(F)F)c(Cl)c1. The van der Waals surface area contributed by atoms with Crippen LogP contribution in [-0.2, 0) is 0 Å². The van der Waals surface area contributed by atoms with Crippen LogP contribution in [0, 0.1) is 0 Å². The Labute approximate surface area is 113 Å². The fourth-order valence-electron chi connectivity index (χ4n) is 1.15. The summed E-state index contributed by atoms with van der Waals surface area (Å²) in [7, 11) is 0. The first-order valence-electron chi connectivity index (χ1n) is 4.96. The summed E-state index contributed by atoms with van der Waals surface area (Å²) in [6.45, 7) is 0. The molecule has 1 rings (SSSR count). The minimum atomic E-state index is -5.56. The molecule has 3 nitrogen and oxygen atoms in total. The van der Waals surface area contributed by atoms with E-state index in [2.05, 4.69) is 4.74 Å². The van der Waals surface area contributed by atoms with Crippen molar-refractivity contribution in [2.45, 2.75) is 24.6 Å². The molecule has 0 heterocycles. The lowest BCUT2D eigenvalue weighted by Gasteiger charge is -2.26. The highest BCUT2D eigenvalue weighted by Gasteiger charge is 2.57. The zero-order valence-corrected chi connectivity index (χ0v) is 10.2. The molecular weight excluding hydrogens is 316 g/mol. The molecule has 0 spiro atoms. The molecular formula is C10H8ClF6NO2. The Morgan fingerprint density at radius 3 is 2.20 bits per heavy atom. The zero-order chi connectivity index (χ0) is 15.7. The van der Waals surface area contributed by atoms with Crippen molar-refractivity contribution in [2.24, 2.45) is 0 Å². The number of hydrogen-bond donors (Lipinski definition) is 2. The van der Waals surface area contributed by atoms with Crippen molar-refractivity contribution in [1.29, 1.82) is 0 Å². The van der Waals surface area contributed by atoms with Gasteiger partial charge in [0.15, 0.2) is 6.10 Å². The third-order valence-corrected chi connectivity index (χ3v) is 2.43. The highest BCUT2D eigenvalue weighted by atomic mass is 35.5. The molecule has 0 aromatic heterocycles. The van der Waals surface area contributed by atoms with Gasteiger partial charge in [0.1, 0.15) is 5.75 Å². The van der Waals surface area contributed by atoms with Gasteiger partial charge in [0.2, 0.25) is 6.17 Å². The van der Waals surface area contributed by atoms with Crippen LogP contribution in [0.2, 0.25) is 5.02 Å². The van der Waals surface area contributed by atoms with Crippen LogP contribution in [0.25, 0.3) is 0 Å². The highest BCUT2D eigenvalue weighted by molar-refractivity contribution is 6.32. The predicted octanol–water partition coefficient (Wildman–Crippen LogP) is 3.16. The predicted molar refractivity (Wildman–Crippen MR) is 58.4 cm³/mol. The lowest BCUT2D eigenvalue weighted by molar-refractivity contribution is -0.291. The molecule has 0 unspecified atom stereocenters. The van der Waals surface area contributed by atoms with Gasteiger partial charge in [-0.2, -0.15) is 22.0 Å². The van der Waals surface area contributed by atoms with Crippen molar-refractivity contribution in [1.82, 2.24) is 0 Å². The van der Waals surface area contributed by atoms with Gasteiger partial charge in [-0.3, -0.25) is 0 Å². The van der Waals surface area contributed by atoms with Gasteiger partial charge < -0.3 is 15.6 Å². The number of hydrogen-bond acceptors (Lipinski definition) is 3. The molecule has 20 heavy (non-hydrogen) atoms. The smallest absolute Gasteiger partial charge is 0.429 e. The summed E-state index contributed by atoms with van der Waals surface area (Å²) in [5.41, 5.74) is 5.35. The Morgan fingerprint density at radius 2 is 1.75 bits per heavy atom. The van der Waals surface area contributed by atoms with Crippen LogP contribution in [0.15, 0.2) is 18.2 Å². The van der Waals surface area contributed by atoms with E-state index in [1.165, 1.54) is 0 Å². The fraction of sp³-hybridized carbons (Fsp3) is 0.400. The molecule has 0 aliphatic carbocycles. The molecule has 0 aliphatic heterocycles. The van der Waals surface area contributed by atoms with Crippen LogP contribution < -0.4 is 10.5 Å². The first kappa shape index (κ1) is 16.7. The molecule has 0 saturated carbocycles. The molecule has 0 bridgehead atoms. The van der Waals surface area contributed by atoms with Crippen LogP contribution >= 0.6 is 11.6 Å². The lowest BCUT2D eigenvalue weighted by Crippen LogP contribution is -2.50. The molecule has 114 valence electrons. The maximum atomic E-state index is 13.2. The van der Waals surface area contributed by atoms with E-state index < -0.39 is 35.3 Å². The van der Waals surface area contributed by atoms with E-state index in [4.69, 9.17) is 22.4 Å². The zero-order valence-electron chi connectivity index (χ0n) is 9.47. The van der Waals surface area contributed by atoms with Crippen LogP contribution in [0.5, 0.6) is 5.75 Å². The quantitative estimate of drug-likeness (QED) is 0.661.